The highest BCUT2D eigenvalue weighted by molar-refractivity contribution is 7.08. The topological polar surface area (TPSA) is 41.4 Å². The Morgan fingerprint density at radius 1 is 1.38 bits per heavy atom. The third-order valence-electron chi connectivity index (χ3n) is 5.45. The molecule has 0 N–H and O–H groups in total. The van der Waals surface area contributed by atoms with Crippen molar-refractivity contribution in [3.63, 3.8) is 0 Å². The minimum Gasteiger partial charge on any atom is -0.308 e. The number of nitrogens with zero attached hydrogens (tertiary/aromatic N) is 4. The Hall–Kier alpha value is -1.66. The fourth-order valence-corrected chi connectivity index (χ4v) is 4.95. The molecule has 0 saturated carbocycles. The maximum atomic E-state index is 13.1. The summed E-state index contributed by atoms with van der Waals surface area (Å²) in [5, 5.41) is 8.63. The largest absolute Gasteiger partial charge is 0.308 e. The number of anilines is 1. The number of thiophene rings is 1. The van der Waals surface area contributed by atoms with E-state index in [0.717, 1.165) is 38.0 Å². The molecule has 5 nitrogen and oxygen atoms in total. The van der Waals surface area contributed by atoms with Crippen molar-refractivity contribution in [3.8, 4) is 0 Å². The van der Waals surface area contributed by atoms with Crippen molar-refractivity contribution in [2.75, 3.05) is 18.0 Å². The van der Waals surface area contributed by atoms with Gasteiger partial charge in [-0.2, -0.15) is 16.4 Å². The Morgan fingerprint density at radius 3 is 2.96 bits per heavy atom. The van der Waals surface area contributed by atoms with E-state index in [4.69, 9.17) is 0 Å². The van der Waals surface area contributed by atoms with E-state index >= 15 is 0 Å². The first kappa shape index (κ1) is 15.8. The van der Waals surface area contributed by atoms with Gasteiger partial charge < -0.3 is 4.90 Å². The first-order chi connectivity index (χ1) is 11.6. The molecule has 0 aliphatic carbocycles. The minimum atomic E-state index is 0.0117. The van der Waals surface area contributed by atoms with E-state index in [9.17, 15) is 4.79 Å². The lowest BCUT2D eigenvalue weighted by atomic mass is 10.00. The van der Waals surface area contributed by atoms with Crippen molar-refractivity contribution in [3.05, 3.63) is 34.8 Å². The molecule has 4 heterocycles. The summed E-state index contributed by atoms with van der Waals surface area (Å²) in [7, 11) is 1.89. The number of likely N-dealkylation sites (tertiary alicyclic amines) is 1. The van der Waals surface area contributed by atoms with E-state index < -0.39 is 0 Å². The molecule has 0 unspecified atom stereocenters. The third kappa shape index (κ3) is 2.78. The Kier molecular flexibility index (Phi) is 4.18. The number of piperidine rings is 1. The molecule has 2 fully saturated rings. The summed E-state index contributed by atoms with van der Waals surface area (Å²) in [4.78, 5) is 17.5. The van der Waals surface area contributed by atoms with Crippen LogP contribution in [0.25, 0.3) is 0 Å². The summed E-state index contributed by atoms with van der Waals surface area (Å²) in [5.74, 6) is 0.805. The van der Waals surface area contributed by atoms with Crippen LogP contribution < -0.4 is 4.90 Å². The molecule has 0 bridgehead atoms. The van der Waals surface area contributed by atoms with Gasteiger partial charge in [-0.15, -0.1) is 0 Å². The molecule has 4 rings (SSSR count). The Balaban J connectivity index is 1.52. The first-order valence-electron chi connectivity index (χ1n) is 8.71. The van der Waals surface area contributed by atoms with Gasteiger partial charge in [-0.25, -0.2) is 0 Å². The molecule has 0 radical (unpaired) electrons. The second-order valence-electron chi connectivity index (χ2n) is 7.06. The maximum Gasteiger partial charge on any atom is 0.244 e. The fraction of sp³-hybridized carbons (Fsp3) is 0.556. The van der Waals surface area contributed by atoms with Gasteiger partial charge in [0.05, 0.1) is 17.9 Å². The van der Waals surface area contributed by atoms with Crippen LogP contribution in [-0.4, -0.2) is 45.8 Å². The van der Waals surface area contributed by atoms with Crippen LogP contribution in [0.3, 0.4) is 0 Å². The quantitative estimate of drug-likeness (QED) is 0.860. The zero-order valence-electron chi connectivity index (χ0n) is 14.3. The summed E-state index contributed by atoms with van der Waals surface area (Å²) >= 11 is 1.76. The predicted octanol–water partition coefficient (Wildman–Crippen LogP) is 2.86. The molecule has 2 aliphatic rings. The lowest BCUT2D eigenvalue weighted by Gasteiger charge is -2.38. The number of carbonyl (C=O) groups is 1. The van der Waals surface area contributed by atoms with Gasteiger partial charge in [0, 0.05) is 32.4 Å². The average molecular weight is 344 g/mol. The minimum absolute atomic E-state index is 0.0117. The van der Waals surface area contributed by atoms with Gasteiger partial charge in [0.1, 0.15) is 0 Å². The number of aryl methyl sites for hydroxylation is 1. The van der Waals surface area contributed by atoms with Crippen LogP contribution in [0.15, 0.2) is 29.2 Å². The molecule has 128 valence electrons. The smallest absolute Gasteiger partial charge is 0.244 e. The summed E-state index contributed by atoms with van der Waals surface area (Å²) in [5.41, 5.74) is 2.36. The summed E-state index contributed by atoms with van der Waals surface area (Å²) < 4.78 is 1.76. The first-order valence-corrected chi connectivity index (χ1v) is 9.65. The molecule has 6 heteroatoms. The lowest BCUT2D eigenvalue weighted by molar-refractivity contribution is -0.125. The molecule has 2 aromatic rings. The highest BCUT2D eigenvalue weighted by Gasteiger charge is 2.41. The molecule has 2 aliphatic heterocycles. The second-order valence-corrected chi connectivity index (χ2v) is 7.84. The third-order valence-corrected chi connectivity index (χ3v) is 6.15. The number of hydrogen-bond donors (Lipinski definition) is 0. The van der Waals surface area contributed by atoms with Crippen LogP contribution in [0, 0.1) is 0 Å². The van der Waals surface area contributed by atoms with Gasteiger partial charge in [-0.05, 0) is 54.5 Å². The second kappa shape index (κ2) is 6.33. The van der Waals surface area contributed by atoms with E-state index in [2.05, 4.69) is 33.7 Å². The summed E-state index contributed by atoms with van der Waals surface area (Å²) in [6.45, 7) is 4.06. The fourth-order valence-electron chi connectivity index (χ4n) is 4.21. The number of carbonyl (C=O) groups excluding carboxylic acids is 1. The SMILES string of the molecule is C[C@@H]1C[C@@H](c2ccsc2)CN1[C@H]1CCCN(c2cnn(C)c2)C1=O. The van der Waals surface area contributed by atoms with Crippen molar-refractivity contribution in [2.45, 2.75) is 44.2 Å². The molecule has 3 atom stereocenters. The van der Waals surface area contributed by atoms with Crippen LogP contribution in [-0.2, 0) is 11.8 Å². The van der Waals surface area contributed by atoms with Gasteiger partial charge in [-0.3, -0.25) is 14.4 Å². The zero-order valence-corrected chi connectivity index (χ0v) is 15.1. The molecular formula is C18H24N4OS. The van der Waals surface area contributed by atoms with Crippen molar-refractivity contribution < 1.29 is 4.79 Å². The molecule has 24 heavy (non-hydrogen) atoms. The highest BCUT2D eigenvalue weighted by atomic mass is 32.1. The lowest BCUT2D eigenvalue weighted by Crippen LogP contribution is -2.53. The van der Waals surface area contributed by atoms with Crippen LogP contribution in [0.4, 0.5) is 5.69 Å². The molecule has 2 saturated heterocycles. The molecule has 1 amide bonds. The average Bonchev–Trinajstić information content (AvgIpc) is 3.28. The van der Waals surface area contributed by atoms with E-state index in [-0.39, 0.29) is 11.9 Å². The standard InChI is InChI=1S/C18H24N4OS/c1-13-8-15(14-5-7-24-12-14)10-22(13)17-4-3-6-21(18(17)23)16-9-19-20(2)11-16/h5,7,9,11-13,15,17H,3-4,6,8,10H2,1-2H3/t13-,15-,17+/m1/s1. The Morgan fingerprint density at radius 2 is 2.25 bits per heavy atom. The maximum absolute atomic E-state index is 13.1. The number of rotatable bonds is 3. The predicted molar refractivity (Wildman–Crippen MR) is 96.4 cm³/mol. The van der Waals surface area contributed by atoms with Gasteiger partial charge in [0.15, 0.2) is 0 Å². The van der Waals surface area contributed by atoms with Crippen LogP contribution >= 0.6 is 11.3 Å². The van der Waals surface area contributed by atoms with Crippen molar-refractivity contribution in [2.24, 2.45) is 7.05 Å². The summed E-state index contributed by atoms with van der Waals surface area (Å²) in [6, 6.07) is 2.70. The van der Waals surface area contributed by atoms with Gasteiger partial charge in [0.2, 0.25) is 5.91 Å². The van der Waals surface area contributed by atoms with E-state index in [1.54, 1.807) is 22.2 Å². The molecule has 0 spiro atoms. The number of hydrogen-bond acceptors (Lipinski definition) is 4. The van der Waals surface area contributed by atoms with Gasteiger partial charge >= 0.3 is 0 Å². The van der Waals surface area contributed by atoms with Crippen LogP contribution in [0.5, 0.6) is 0 Å². The summed E-state index contributed by atoms with van der Waals surface area (Å²) in [6.07, 6.45) is 6.89. The zero-order chi connectivity index (χ0) is 16.7. The van der Waals surface area contributed by atoms with Crippen LogP contribution in [0.2, 0.25) is 0 Å². The van der Waals surface area contributed by atoms with E-state index in [0.29, 0.717) is 12.0 Å². The highest BCUT2D eigenvalue weighted by Crippen LogP contribution is 2.36. The van der Waals surface area contributed by atoms with E-state index in [1.807, 2.05) is 18.1 Å². The van der Waals surface area contributed by atoms with Crippen molar-refractivity contribution in [1.82, 2.24) is 14.7 Å². The van der Waals surface area contributed by atoms with E-state index in [1.165, 1.54) is 5.56 Å². The van der Waals surface area contributed by atoms with Crippen molar-refractivity contribution >= 4 is 22.9 Å². The molecular weight excluding hydrogens is 320 g/mol. The normalized spacial score (nSPS) is 28.7. The molecule has 2 aromatic heterocycles. The molecule has 0 aromatic carbocycles. The Bertz CT molecular complexity index is 710. The number of aromatic nitrogens is 2. The van der Waals surface area contributed by atoms with Crippen LogP contribution in [0.1, 0.15) is 37.7 Å². The monoisotopic (exact) mass is 344 g/mol. The van der Waals surface area contributed by atoms with Gasteiger partial charge in [-0.1, -0.05) is 0 Å². The van der Waals surface area contributed by atoms with Crippen molar-refractivity contribution in [1.29, 1.82) is 0 Å². The number of amides is 1. The van der Waals surface area contributed by atoms with Gasteiger partial charge in [0.25, 0.3) is 0 Å². The Labute approximate surface area is 146 Å².